The molecule has 0 aliphatic carbocycles. The van der Waals surface area contributed by atoms with Gasteiger partial charge in [0.05, 0.1) is 0 Å². The molecular formula is C7H12O3. The van der Waals surface area contributed by atoms with Crippen LogP contribution in [0, 0.1) is 0 Å². The lowest BCUT2D eigenvalue weighted by atomic mass is 10.4. The van der Waals surface area contributed by atoms with E-state index in [1.54, 1.807) is 6.92 Å². The van der Waals surface area contributed by atoms with Crippen molar-refractivity contribution < 1.29 is 14.6 Å². The Kier molecular flexibility index (Phi) is 3.72. The minimum atomic E-state index is -1.04. The zero-order chi connectivity index (χ0) is 8.15. The number of ether oxygens (including phenoxy) is 1. The first-order valence-electron chi connectivity index (χ1n) is 3.03. The molecule has 0 heterocycles. The predicted octanol–water partition coefficient (Wildman–Crippen LogP) is 0.486. The number of hydrogen-bond donors (Lipinski definition) is 1. The van der Waals surface area contributed by atoms with E-state index in [-0.39, 0.29) is 6.61 Å². The van der Waals surface area contributed by atoms with Crippen LogP contribution in [0.25, 0.3) is 0 Å². The lowest BCUT2D eigenvalue weighted by Gasteiger charge is -2.04. The van der Waals surface area contributed by atoms with Crippen molar-refractivity contribution in [1.82, 2.24) is 0 Å². The molecule has 0 aromatic carbocycles. The zero-order valence-corrected chi connectivity index (χ0v) is 6.26. The molecular weight excluding hydrogens is 132 g/mol. The van der Waals surface area contributed by atoms with Crippen LogP contribution >= 0.6 is 0 Å². The van der Waals surface area contributed by atoms with E-state index in [0.717, 1.165) is 5.57 Å². The molecule has 0 saturated carbocycles. The second kappa shape index (κ2) is 4.06. The van der Waals surface area contributed by atoms with Gasteiger partial charge in [0, 0.05) is 0 Å². The summed E-state index contributed by atoms with van der Waals surface area (Å²) in [6.45, 7) is 6.82. The van der Waals surface area contributed by atoms with Gasteiger partial charge in [-0.15, -0.1) is 0 Å². The Bertz CT molecular complexity index is 138. The van der Waals surface area contributed by atoms with Crippen molar-refractivity contribution in [2.24, 2.45) is 0 Å². The summed E-state index contributed by atoms with van der Waals surface area (Å²) in [5, 5.41) is 8.63. The fourth-order valence-electron chi connectivity index (χ4n) is 0.315. The molecule has 0 aromatic heterocycles. The molecule has 0 fully saturated rings. The van der Waals surface area contributed by atoms with E-state index in [2.05, 4.69) is 11.3 Å². The summed E-state index contributed by atoms with van der Waals surface area (Å²) in [5.74, 6) is -0.608. The van der Waals surface area contributed by atoms with E-state index in [9.17, 15) is 4.79 Å². The van der Waals surface area contributed by atoms with Crippen LogP contribution in [0.4, 0.5) is 0 Å². The molecule has 0 bridgehead atoms. The van der Waals surface area contributed by atoms with Crippen molar-refractivity contribution in [3.63, 3.8) is 0 Å². The van der Waals surface area contributed by atoms with Crippen molar-refractivity contribution in [2.75, 3.05) is 6.61 Å². The number of rotatable bonds is 3. The molecule has 10 heavy (non-hydrogen) atoms. The molecule has 0 radical (unpaired) electrons. The molecule has 0 spiro atoms. The van der Waals surface area contributed by atoms with Crippen LogP contribution in [0.1, 0.15) is 13.8 Å². The van der Waals surface area contributed by atoms with Crippen LogP contribution in [0.15, 0.2) is 12.2 Å². The maximum Gasteiger partial charge on any atom is 0.334 e. The largest absolute Gasteiger partial charge is 0.459 e. The summed E-state index contributed by atoms with van der Waals surface area (Å²) in [7, 11) is 0. The average Bonchev–Trinajstić information content (AvgIpc) is 1.82. The highest BCUT2D eigenvalue weighted by molar-refractivity contribution is 5.73. The minimum Gasteiger partial charge on any atom is -0.459 e. The number of carbonyl (C=O) groups is 1. The number of aliphatic hydroxyl groups is 1. The van der Waals surface area contributed by atoms with Gasteiger partial charge in [-0.3, -0.25) is 0 Å². The molecule has 58 valence electrons. The Morgan fingerprint density at radius 1 is 1.80 bits per heavy atom. The lowest BCUT2D eigenvalue weighted by Crippen LogP contribution is -2.19. The van der Waals surface area contributed by atoms with E-state index in [0.29, 0.717) is 0 Å². The summed E-state index contributed by atoms with van der Waals surface area (Å²) in [6, 6.07) is 0. The summed E-state index contributed by atoms with van der Waals surface area (Å²) >= 11 is 0. The summed E-state index contributed by atoms with van der Waals surface area (Å²) in [5.41, 5.74) is 0.758. The van der Waals surface area contributed by atoms with E-state index in [1.807, 2.05) is 0 Å². The fourth-order valence-corrected chi connectivity index (χ4v) is 0.315. The molecule has 0 unspecified atom stereocenters. The number of hydrogen-bond acceptors (Lipinski definition) is 3. The van der Waals surface area contributed by atoms with E-state index < -0.39 is 12.1 Å². The molecule has 0 rings (SSSR count). The Hall–Kier alpha value is -0.830. The van der Waals surface area contributed by atoms with Gasteiger partial charge in [0.1, 0.15) is 12.7 Å². The van der Waals surface area contributed by atoms with Gasteiger partial charge in [-0.25, -0.2) is 4.79 Å². The zero-order valence-electron chi connectivity index (χ0n) is 6.26. The van der Waals surface area contributed by atoms with Gasteiger partial charge in [-0.1, -0.05) is 6.58 Å². The van der Waals surface area contributed by atoms with Gasteiger partial charge in [0.25, 0.3) is 0 Å². The third kappa shape index (κ3) is 4.09. The SMILES string of the molecule is C=C(C)COC(=O)[C@H](C)O. The molecule has 1 N–H and O–H groups in total. The molecule has 1 atom stereocenters. The normalized spacial score (nSPS) is 12.3. The van der Waals surface area contributed by atoms with Crippen molar-refractivity contribution in [3.05, 3.63) is 12.2 Å². The first-order chi connectivity index (χ1) is 4.54. The summed E-state index contributed by atoms with van der Waals surface area (Å²) in [4.78, 5) is 10.5. The molecule has 0 amide bonds. The van der Waals surface area contributed by atoms with Crippen molar-refractivity contribution in [2.45, 2.75) is 20.0 Å². The third-order valence-corrected chi connectivity index (χ3v) is 0.802. The minimum absolute atomic E-state index is 0.184. The first kappa shape index (κ1) is 9.17. The topological polar surface area (TPSA) is 46.5 Å². The number of carbonyl (C=O) groups excluding carboxylic acids is 1. The Morgan fingerprint density at radius 3 is 2.60 bits per heavy atom. The third-order valence-electron chi connectivity index (χ3n) is 0.802. The average molecular weight is 144 g/mol. The molecule has 3 nitrogen and oxygen atoms in total. The Labute approximate surface area is 60.3 Å². The maximum absolute atomic E-state index is 10.5. The highest BCUT2D eigenvalue weighted by Gasteiger charge is 2.08. The standard InChI is InChI=1S/C7H12O3/c1-5(2)4-10-7(9)6(3)8/h6,8H,1,4H2,2-3H3/t6-/m0/s1. The predicted molar refractivity (Wildman–Crippen MR) is 37.5 cm³/mol. The van der Waals surface area contributed by atoms with Gasteiger partial charge >= 0.3 is 5.97 Å². The van der Waals surface area contributed by atoms with Crippen molar-refractivity contribution >= 4 is 5.97 Å². The molecule has 0 saturated heterocycles. The molecule has 0 aliphatic heterocycles. The molecule has 0 aromatic rings. The second-order valence-electron chi connectivity index (χ2n) is 2.24. The van der Waals surface area contributed by atoms with Crippen molar-refractivity contribution in [1.29, 1.82) is 0 Å². The molecule has 3 heteroatoms. The second-order valence-corrected chi connectivity index (χ2v) is 2.24. The number of aliphatic hydroxyl groups excluding tert-OH is 1. The number of esters is 1. The highest BCUT2D eigenvalue weighted by Crippen LogP contribution is 1.91. The van der Waals surface area contributed by atoms with Crippen LogP contribution in [0.3, 0.4) is 0 Å². The Balaban J connectivity index is 3.50. The van der Waals surface area contributed by atoms with E-state index in [4.69, 9.17) is 5.11 Å². The first-order valence-corrected chi connectivity index (χ1v) is 3.03. The summed E-state index contributed by atoms with van der Waals surface area (Å²) in [6.07, 6.45) is -1.04. The van der Waals surface area contributed by atoms with Gasteiger partial charge in [0.15, 0.2) is 0 Å². The fraction of sp³-hybridized carbons (Fsp3) is 0.571. The monoisotopic (exact) mass is 144 g/mol. The highest BCUT2D eigenvalue weighted by atomic mass is 16.5. The summed E-state index contributed by atoms with van der Waals surface area (Å²) < 4.78 is 4.58. The van der Waals surface area contributed by atoms with Gasteiger partial charge < -0.3 is 9.84 Å². The van der Waals surface area contributed by atoms with Crippen LogP contribution in [-0.2, 0) is 9.53 Å². The quantitative estimate of drug-likeness (QED) is 0.463. The smallest absolute Gasteiger partial charge is 0.334 e. The van der Waals surface area contributed by atoms with Crippen LogP contribution in [-0.4, -0.2) is 23.8 Å². The van der Waals surface area contributed by atoms with Crippen LogP contribution < -0.4 is 0 Å². The van der Waals surface area contributed by atoms with E-state index >= 15 is 0 Å². The van der Waals surface area contributed by atoms with Crippen LogP contribution in [0.2, 0.25) is 0 Å². The molecule has 0 aliphatic rings. The Morgan fingerprint density at radius 2 is 2.30 bits per heavy atom. The maximum atomic E-state index is 10.5. The van der Waals surface area contributed by atoms with Crippen molar-refractivity contribution in [3.8, 4) is 0 Å². The van der Waals surface area contributed by atoms with E-state index in [1.165, 1.54) is 6.92 Å². The van der Waals surface area contributed by atoms with Gasteiger partial charge in [-0.05, 0) is 19.4 Å². The van der Waals surface area contributed by atoms with Gasteiger partial charge in [0.2, 0.25) is 0 Å². The van der Waals surface area contributed by atoms with Crippen LogP contribution in [0.5, 0.6) is 0 Å². The van der Waals surface area contributed by atoms with Gasteiger partial charge in [-0.2, -0.15) is 0 Å². The lowest BCUT2D eigenvalue weighted by molar-refractivity contribution is -0.151.